The van der Waals surface area contributed by atoms with Crippen LogP contribution in [0.25, 0.3) is 11.0 Å². The molecule has 3 aromatic rings. The van der Waals surface area contributed by atoms with Crippen molar-refractivity contribution in [1.82, 2.24) is 19.6 Å². The Kier molecular flexibility index (Phi) is 4.80. The Balaban J connectivity index is 1.48. The highest BCUT2D eigenvalue weighted by molar-refractivity contribution is 7.90. The third kappa shape index (κ3) is 3.73. The molecule has 2 aromatic carbocycles. The molecule has 0 bridgehead atoms. The average Bonchev–Trinajstić information content (AvgIpc) is 3.12. The van der Waals surface area contributed by atoms with E-state index in [2.05, 4.69) is 14.7 Å². The van der Waals surface area contributed by atoms with Gasteiger partial charge in [-0.3, -0.25) is 0 Å². The summed E-state index contributed by atoms with van der Waals surface area (Å²) < 4.78 is 27.2. The van der Waals surface area contributed by atoms with Crippen molar-refractivity contribution < 1.29 is 13.2 Å². The third-order valence-electron chi connectivity index (χ3n) is 5.06. The first kappa shape index (κ1) is 18.5. The summed E-state index contributed by atoms with van der Waals surface area (Å²) in [4.78, 5) is 22.2. The highest BCUT2D eigenvalue weighted by atomic mass is 32.2. The molecule has 1 aliphatic rings. The first-order valence-electron chi connectivity index (χ1n) is 9.25. The van der Waals surface area contributed by atoms with Crippen molar-refractivity contribution in [2.45, 2.75) is 30.6 Å². The fourth-order valence-electron chi connectivity index (χ4n) is 3.51. The Bertz CT molecular complexity index is 1070. The normalized spacial score (nSPS) is 17.6. The van der Waals surface area contributed by atoms with Crippen LogP contribution in [-0.4, -0.2) is 42.4 Å². The second kappa shape index (κ2) is 7.27. The summed E-state index contributed by atoms with van der Waals surface area (Å²) in [6.45, 7) is 2.82. The van der Waals surface area contributed by atoms with E-state index in [4.69, 9.17) is 0 Å². The fourth-order valence-corrected chi connectivity index (χ4v) is 4.48. The van der Waals surface area contributed by atoms with Gasteiger partial charge in [-0.25, -0.2) is 22.9 Å². The number of piperidine rings is 1. The Hall–Kier alpha value is -2.87. The predicted molar refractivity (Wildman–Crippen MR) is 107 cm³/mol. The number of rotatable bonds is 3. The van der Waals surface area contributed by atoms with Crippen LogP contribution in [0.5, 0.6) is 0 Å². The van der Waals surface area contributed by atoms with E-state index in [9.17, 15) is 13.2 Å². The fraction of sp³-hybridized carbons (Fsp3) is 0.300. The molecule has 8 heteroatoms. The number of H-pyrrole nitrogens is 1. The van der Waals surface area contributed by atoms with Gasteiger partial charge in [-0.15, -0.1) is 0 Å². The third-order valence-corrected chi connectivity index (χ3v) is 6.39. The summed E-state index contributed by atoms with van der Waals surface area (Å²) in [6.07, 6.45) is 1.69. The highest BCUT2D eigenvalue weighted by Gasteiger charge is 2.29. The van der Waals surface area contributed by atoms with Crippen molar-refractivity contribution in [3.63, 3.8) is 0 Å². The number of sulfonamides is 1. The van der Waals surface area contributed by atoms with Crippen LogP contribution >= 0.6 is 0 Å². The number of benzene rings is 2. The van der Waals surface area contributed by atoms with Crippen LogP contribution in [0.15, 0.2) is 53.4 Å². The van der Waals surface area contributed by atoms with Crippen LogP contribution in [0.2, 0.25) is 0 Å². The second-order valence-electron chi connectivity index (χ2n) is 7.15. The summed E-state index contributed by atoms with van der Waals surface area (Å²) in [6, 6.07) is 13.6. The summed E-state index contributed by atoms with van der Waals surface area (Å²) in [5, 5.41) is 0. The van der Waals surface area contributed by atoms with Crippen LogP contribution in [0, 0.1) is 6.92 Å². The van der Waals surface area contributed by atoms with Crippen molar-refractivity contribution >= 4 is 27.1 Å². The van der Waals surface area contributed by atoms with E-state index in [0.29, 0.717) is 13.1 Å². The largest absolute Gasteiger partial charge is 0.342 e. The molecule has 2 heterocycles. The van der Waals surface area contributed by atoms with Gasteiger partial charge in [0.2, 0.25) is 0 Å². The van der Waals surface area contributed by atoms with Crippen molar-refractivity contribution in [3.05, 3.63) is 59.9 Å². The molecule has 1 aliphatic heterocycles. The van der Waals surface area contributed by atoms with Gasteiger partial charge in [-0.1, -0.05) is 29.8 Å². The number of fused-ring (bicyclic) bond motifs is 1. The zero-order valence-electron chi connectivity index (χ0n) is 15.6. The number of carbonyl (C=O) groups excluding carboxylic acids is 1. The Morgan fingerprint density at radius 3 is 2.68 bits per heavy atom. The summed E-state index contributed by atoms with van der Waals surface area (Å²) in [7, 11) is -3.89. The van der Waals surface area contributed by atoms with Gasteiger partial charge in [-0.05, 0) is 44.0 Å². The minimum absolute atomic E-state index is 0.0500. The number of likely N-dealkylation sites (tertiary alicyclic amines) is 1. The maximum absolute atomic E-state index is 12.6. The lowest BCUT2D eigenvalue weighted by Gasteiger charge is -2.31. The summed E-state index contributed by atoms with van der Waals surface area (Å²) in [5.74, 6) is 0.883. The zero-order valence-corrected chi connectivity index (χ0v) is 16.4. The van der Waals surface area contributed by atoms with Gasteiger partial charge in [0, 0.05) is 19.0 Å². The van der Waals surface area contributed by atoms with Crippen molar-refractivity contribution in [1.29, 1.82) is 0 Å². The number of para-hydroxylation sites is 2. The molecule has 146 valence electrons. The number of carbonyl (C=O) groups is 1. The second-order valence-corrected chi connectivity index (χ2v) is 8.83. The standard InChI is InChI=1S/C20H22N4O3S/c1-14-8-10-16(11-9-14)28(26,27)23-20(25)24-12-4-5-15(13-24)19-21-17-6-2-3-7-18(17)22-19/h2-3,6-11,15H,4-5,12-13H2,1H3,(H,21,22)(H,23,25). The van der Waals surface area contributed by atoms with Gasteiger partial charge in [0.05, 0.1) is 15.9 Å². The lowest BCUT2D eigenvalue weighted by molar-refractivity contribution is 0.184. The van der Waals surface area contributed by atoms with Gasteiger partial charge in [0.25, 0.3) is 10.0 Å². The van der Waals surface area contributed by atoms with Crippen molar-refractivity contribution in [2.24, 2.45) is 0 Å². The molecule has 1 saturated heterocycles. The van der Waals surface area contributed by atoms with E-state index in [1.807, 2.05) is 31.2 Å². The number of aromatic nitrogens is 2. The van der Waals surface area contributed by atoms with Crippen molar-refractivity contribution in [2.75, 3.05) is 13.1 Å². The Morgan fingerprint density at radius 2 is 1.93 bits per heavy atom. The lowest BCUT2D eigenvalue weighted by atomic mass is 9.98. The maximum Gasteiger partial charge on any atom is 0.331 e. The number of hydrogen-bond acceptors (Lipinski definition) is 4. The average molecular weight is 398 g/mol. The number of hydrogen-bond donors (Lipinski definition) is 2. The van der Waals surface area contributed by atoms with Crippen molar-refractivity contribution in [3.8, 4) is 0 Å². The van der Waals surface area contributed by atoms with E-state index in [0.717, 1.165) is 35.3 Å². The molecule has 0 spiro atoms. The number of imidazole rings is 1. The number of aromatic amines is 1. The minimum atomic E-state index is -3.89. The minimum Gasteiger partial charge on any atom is -0.342 e. The van der Waals surface area contributed by atoms with E-state index in [1.54, 1.807) is 17.0 Å². The number of nitrogens with one attached hydrogen (secondary N) is 2. The van der Waals surface area contributed by atoms with E-state index in [-0.39, 0.29) is 10.8 Å². The molecule has 0 radical (unpaired) electrons. The summed E-state index contributed by atoms with van der Waals surface area (Å²) >= 11 is 0. The molecule has 2 amide bonds. The molecule has 1 atom stereocenters. The molecule has 1 fully saturated rings. The lowest BCUT2D eigenvalue weighted by Crippen LogP contribution is -2.46. The molecule has 1 aromatic heterocycles. The summed E-state index contributed by atoms with van der Waals surface area (Å²) in [5.41, 5.74) is 2.80. The monoisotopic (exact) mass is 398 g/mol. The molecule has 28 heavy (non-hydrogen) atoms. The smallest absolute Gasteiger partial charge is 0.331 e. The first-order valence-corrected chi connectivity index (χ1v) is 10.7. The SMILES string of the molecule is Cc1ccc(S(=O)(=O)NC(=O)N2CCCC(c3nc4ccccc4[nH]3)C2)cc1. The molecule has 7 nitrogen and oxygen atoms in total. The van der Waals surface area contributed by atoms with Crippen LogP contribution in [-0.2, 0) is 10.0 Å². The van der Waals surface area contributed by atoms with Gasteiger partial charge in [0.1, 0.15) is 5.82 Å². The quantitative estimate of drug-likeness (QED) is 0.708. The topological polar surface area (TPSA) is 95.2 Å². The van der Waals surface area contributed by atoms with Crippen LogP contribution in [0.4, 0.5) is 4.79 Å². The van der Waals surface area contributed by atoms with Gasteiger partial charge in [-0.2, -0.15) is 0 Å². The highest BCUT2D eigenvalue weighted by Crippen LogP contribution is 2.27. The molecular formula is C20H22N4O3S. The van der Waals surface area contributed by atoms with Crippen LogP contribution in [0.1, 0.15) is 30.1 Å². The first-order chi connectivity index (χ1) is 13.4. The van der Waals surface area contributed by atoms with Crippen LogP contribution in [0.3, 0.4) is 0 Å². The Labute approximate surface area is 163 Å². The van der Waals surface area contributed by atoms with Gasteiger partial charge in [0.15, 0.2) is 0 Å². The molecule has 2 N–H and O–H groups in total. The molecular weight excluding hydrogens is 376 g/mol. The maximum atomic E-state index is 12.6. The van der Waals surface area contributed by atoms with E-state index >= 15 is 0 Å². The molecule has 1 unspecified atom stereocenters. The van der Waals surface area contributed by atoms with E-state index in [1.165, 1.54) is 12.1 Å². The predicted octanol–water partition coefficient (Wildman–Crippen LogP) is 3.15. The molecule has 0 aliphatic carbocycles. The molecule has 4 rings (SSSR count). The number of urea groups is 1. The Morgan fingerprint density at radius 1 is 1.18 bits per heavy atom. The zero-order chi connectivity index (χ0) is 19.7. The van der Waals surface area contributed by atoms with Gasteiger partial charge >= 0.3 is 6.03 Å². The number of aryl methyl sites for hydroxylation is 1. The van der Waals surface area contributed by atoms with Crippen LogP contribution < -0.4 is 4.72 Å². The number of amides is 2. The van der Waals surface area contributed by atoms with Gasteiger partial charge < -0.3 is 9.88 Å². The molecule has 0 saturated carbocycles. The number of nitrogens with zero attached hydrogens (tertiary/aromatic N) is 2. The van der Waals surface area contributed by atoms with E-state index < -0.39 is 16.1 Å².